The molecule has 1 saturated carbocycles. The van der Waals surface area contributed by atoms with Crippen molar-refractivity contribution in [3.05, 3.63) is 23.9 Å². The van der Waals surface area contributed by atoms with Gasteiger partial charge in [0.2, 0.25) is 11.8 Å². The van der Waals surface area contributed by atoms with Gasteiger partial charge in [0.15, 0.2) is 5.82 Å². The van der Waals surface area contributed by atoms with Crippen LogP contribution in [0.3, 0.4) is 0 Å². The van der Waals surface area contributed by atoms with Gasteiger partial charge in [-0.3, -0.25) is 4.79 Å². The SMILES string of the molecule is O=C(Cc1noc(C2CC3C=CC2C3)n1)N1CCCC1. The summed E-state index contributed by atoms with van der Waals surface area (Å²) in [6.07, 6.45) is 9.41. The maximum absolute atomic E-state index is 12.1. The summed E-state index contributed by atoms with van der Waals surface area (Å²) in [6, 6.07) is 0. The van der Waals surface area contributed by atoms with E-state index >= 15 is 0 Å². The third kappa shape index (κ3) is 2.05. The Morgan fingerprint density at radius 2 is 2.15 bits per heavy atom. The fourth-order valence-electron chi connectivity index (χ4n) is 3.77. The summed E-state index contributed by atoms with van der Waals surface area (Å²) in [7, 11) is 0. The first kappa shape index (κ1) is 12.1. The number of likely N-dealkylation sites (tertiary alicyclic amines) is 1. The molecule has 5 heteroatoms. The van der Waals surface area contributed by atoms with Crippen molar-refractivity contribution in [2.45, 2.75) is 38.0 Å². The van der Waals surface area contributed by atoms with Crippen molar-refractivity contribution >= 4 is 5.91 Å². The number of hydrogen-bond donors (Lipinski definition) is 0. The van der Waals surface area contributed by atoms with Gasteiger partial charge in [-0.2, -0.15) is 4.98 Å². The van der Waals surface area contributed by atoms with Crippen LogP contribution in [0, 0.1) is 11.8 Å². The van der Waals surface area contributed by atoms with Crippen molar-refractivity contribution in [2.24, 2.45) is 11.8 Å². The van der Waals surface area contributed by atoms with Gasteiger partial charge in [-0.15, -0.1) is 0 Å². The summed E-state index contributed by atoms with van der Waals surface area (Å²) in [5, 5.41) is 4.00. The number of hydrogen-bond acceptors (Lipinski definition) is 4. The highest BCUT2D eigenvalue weighted by Gasteiger charge is 2.39. The normalized spacial score (nSPS) is 31.4. The van der Waals surface area contributed by atoms with Gasteiger partial charge in [0.05, 0.1) is 6.42 Å². The Bertz CT molecular complexity index is 545. The Labute approximate surface area is 118 Å². The molecule has 0 radical (unpaired) electrons. The summed E-state index contributed by atoms with van der Waals surface area (Å²) in [5.74, 6) is 3.01. The molecule has 5 nitrogen and oxygen atoms in total. The van der Waals surface area contributed by atoms with Gasteiger partial charge >= 0.3 is 0 Å². The largest absolute Gasteiger partial charge is 0.342 e. The van der Waals surface area contributed by atoms with E-state index in [0.29, 0.717) is 23.6 Å². The van der Waals surface area contributed by atoms with Crippen LogP contribution in [0.4, 0.5) is 0 Å². The Hall–Kier alpha value is -1.65. The Morgan fingerprint density at radius 1 is 1.30 bits per heavy atom. The highest BCUT2D eigenvalue weighted by Crippen LogP contribution is 2.48. The first-order valence-corrected chi connectivity index (χ1v) is 7.58. The van der Waals surface area contributed by atoms with Crippen LogP contribution in [0.2, 0.25) is 0 Å². The van der Waals surface area contributed by atoms with Crippen molar-refractivity contribution < 1.29 is 9.32 Å². The van der Waals surface area contributed by atoms with Crippen LogP contribution >= 0.6 is 0 Å². The quantitative estimate of drug-likeness (QED) is 0.789. The standard InChI is InChI=1S/C15H19N3O2/c19-14(18-5-1-2-6-18)9-13-16-15(20-17-13)12-8-10-3-4-11(12)7-10/h3-4,10-12H,1-2,5-9H2. The average molecular weight is 273 g/mol. The van der Waals surface area contributed by atoms with Crippen molar-refractivity contribution in [1.82, 2.24) is 15.0 Å². The van der Waals surface area contributed by atoms with Crippen molar-refractivity contribution in [1.29, 1.82) is 0 Å². The zero-order valence-corrected chi connectivity index (χ0v) is 11.5. The zero-order chi connectivity index (χ0) is 13.5. The van der Waals surface area contributed by atoms with Crippen LogP contribution < -0.4 is 0 Å². The fourth-order valence-corrected chi connectivity index (χ4v) is 3.77. The summed E-state index contributed by atoms with van der Waals surface area (Å²) < 4.78 is 5.40. The molecule has 106 valence electrons. The van der Waals surface area contributed by atoms with E-state index in [-0.39, 0.29) is 12.3 Å². The molecule has 1 aliphatic heterocycles. The van der Waals surface area contributed by atoms with Crippen molar-refractivity contribution in [3.8, 4) is 0 Å². The molecule has 0 aromatic carbocycles. The molecule has 20 heavy (non-hydrogen) atoms. The third-order valence-electron chi connectivity index (χ3n) is 4.85. The van der Waals surface area contributed by atoms with E-state index in [1.165, 1.54) is 6.42 Å². The van der Waals surface area contributed by atoms with Gasteiger partial charge in [0.1, 0.15) is 0 Å². The number of aromatic nitrogens is 2. The van der Waals surface area contributed by atoms with E-state index in [0.717, 1.165) is 38.2 Å². The maximum Gasteiger partial charge on any atom is 0.230 e. The molecule has 2 heterocycles. The van der Waals surface area contributed by atoms with E-state index in [2.05, 4.69) is 22.3 Å². The Morgan fingerprint density at radius 3 is 2.85 bits per heavy atom. The number of amides is 1. The molecule has 2 aliphatic carbocycles. The van der Waals surface area contributed by atoms with Crippen LogP contribution in [-0.2, 0) is 11.2 Å². The van der Waals surface area contributed by atoms with E-state index in [9.17, 15) is 4.79 Å². The molecule has 1 saturated heterocycles. The topological polar surface area (TPSA) is 59.2 Å². The second kappa shape index (κ2) is 4.72. The van der Waals surface area contributed by atoms with E-state index in [4.69, 9.17) is 4.52 Å². The summed E-state index contributed by atoms with van der Waals surface area (Å²) in [5.41, 5.74) is 0. The lowest BCUT2D eigenvalue weighted by Gasteiger charge is -2.13. The van der Waals surface area contributed by atoms with Gasteiger partial charge in [0.25, 0.3) is 0 Å². The molecular formula is C15H19N3O2. The minimum absolute atomic E-state index is 0.127. The lowest BCUT2D eigenvalue weighted by molar-refractivity contribution is -0.129. The molecule has 1 aromatic heterocycles. The number of nitrogens with zero attached hydrogens (tertiary/aromatic N) is 3. The van der Waals surface area contributed by atoms with Gasteiger partial charge in [-0.25, -0.2) is 0 Å². The number of rotatable bonds is 3. The Kier molecular flexibility index (Phi) is 2.86. The van der Waals surface area contributed by atoms with Crippen LogP contribution in [-0.4, -0.2) is 34.0 Å². The lowest BCUT2D eigenvalue weighted by Crippen LogP contribution is -2.29. The monoisotopic (exact) mass is 273 g/mol. The Balaban J connectivity index is 1.43. The third-order valence-corrected chi connectivity index (χ3v) is 4.85. The molecule has 4 rings (SSSR count). The predicted octanol–water partition coefficient (Wildman–Crippen LogP) is 1.91. The summed E-state index contributed by atoms with van der Waals surface area (Å²) in [6.45, 7) is 1.75. The molecule has 2 bridgehead atoms. The first-order chi connectivity index (χ1) is 9.79. The van der Waals surface area contributed by atoms with Crippen molar-refractivity contribution in [3.63, 3.8) is 0 Å². The zero-order valence-electron chi connectivity index (χ0n) is 11.5. The second-order valence-electron chi connectivity index (χ2n) is 6.20. The van der Waals surface area contributed by atoms with Crippen LogP contribution in [0.1, 0.15) is 43.3 Å². The molecule has 2 fully saturated rings. The molecule has 0 spiro atoms. The molecule has 1 aromatic rings. The van der Waals surface area contributed by atoms with Crippen LogP contribution in [0.15, 0.2) is 16.7 Å². The van der Waals surface area contributed by atoms with E-state index < -0.39 is 0 Å². The van der Waals surface area contributed by atoms with E-state index in [1.54, 1.807) is 0 Å². The molecule has 1 amide bonds. The highest BCUT2D eigenvalue weighted by molar-refractivity contribution is 5.78. The van der Waals surface area contributed by atoms with Gasteiger partial charge in [-0.1, -0.05) is 17.3 Å². The average Bonchev–Trinajstić information content (AvgIpc) is 3.22. The van der Waals surface area contributed by atoms with Crippen molar-refractivity contribution in [2.75, 3.05) is 13.1 Å². The molecule has 3 aliphatic rings. The van der Waals surface area contributed by atoms with E-state index in [1.807, 2.05) is 4.90 Å². The lowest BCUT2D eigenvalue weighted by atomic mass is 9.94. The van der Waals surface area contributed by atoms with Crippen LogP contribution in [0.25, 0.3) is 0 Å². The summed E-state index contributed by atoms with van der Waals surface area (Å²) in [4.78, 5) is 18.4. The van der Waals surface area contributed by atoms with Gasteiger partial charge in [-0.05, 0) is 37.5 Å². The summed E-state index contributed by atoms with van der Waals surface area (Å²) >= 11 is 0. The minimum atomic E-state index is 0.127. The molecule has 0 N–H and O–H groups in total. The van der Waals surface area contributed by atoms with Gasteiger partial charge < -0.3 is 9.42 Å². The molecular weight excluding hydrogens is 254 g/mol. The first-order valence-electron chi connectivity index (χ1n) is 7.58. The highest BCUT2D eigenvalue weighted by atomic mass is 16.5. The predicted molar refractivity (Wildman–Crippen MR) is 71.9 cm³/mol. The molecule has 3 atom stereocenters. The fraction of sp³-hybridized carbons (Fsp3) is 0.667. The van der Waals surface area contributed by atoms with Crippen LogP contribution in [0.5, 0.6) is 0 Å². The number of allylic oxidation sites excluding steroid dienone is 2. The number of carbonyl (C=O) groups excluding carboxylic acids is 1. The molecule has 3 unspecified atom stereocenters. The second-order valence-corrected chi connectivity index (χ2v) is 6.20. The number of carbonyl (C=O) groups is 1. The smallest absolute Gasteiger partial charge is 0.230 e. The van der Waals surface area contributed by atoms with Gasteiger partial charge in [0, 0.05) is 19.0 Å². The maximum atomic E-state index is 12.1. The minimum Gasteiger partial charge on any atom is -0.342 e. The number of fused-ring (bicyclic) bond motifs is 2.